The largest absolute Gasteiger partial charge is 0.406 e. The molecule has 6 bridgehead atoms. The summed E-state index contributed by atoms with van der Waals surface area (Å²) in [6, 6.07) is 6.31. The second kappa shape index (κ2) is 23.0. The first-order valence-electron chi connectivity index (χ1n) is 24.5. The predicted molar refractivity (Wildman–Crippen MR) is 269 cm³/mol. The van der Waals surface area contributed by atoms with Crippen LogP contribution in [0, 0.1) is 17.3 Å². The van der Waals surface area contributed by atoms with Crippen molar-refractivity contribution < 1.29 is 55.4 Å². The number of nitrogens with one attached hydrogen (secondary N) is 2. The Labute approximate surface area is 423 Å². The zero-order chi connectivity index (χ0) is 53.7. The Hall–Kier alpha value is -6.05. The number of aliphatic imine (C=N–C) groups is 1. The van der Waals surface area contributed by atoms with Crippen molar-refractivity contribution in [2.45, 2.75) is 117 Å². The summed E-state index contributed by atoms with van der Waals surface area (Å²) < 4.78 is 87.7. The highest BCUT2D eigenvalue weighted by Crippen LogP contribution is 2.42. The van der Waals surface area contributed by atoms with Crippen molar-refractivity contribution in [1.82, 2.24) is 30.1 Å². The molecule has 0 radical (unpaired) electrons. The second-order valence-corrected chi connectivity index (χ2v) is 20.5. The summed E-state index contributed by atoms with van der Waals surface area (Å²) in [6.45, 7) is 17.1. The summed E-state index contributed by atoms with van der Waals surface area (Å²) >= 11 is 0. The van der Waals surface area contributed by atoms with Crippen molar-refractivity contribution in [2.75, 3.05) is 47.0 Å². The standard InChI is InChI=1S/C54H68F5N7O7/c1-11-39(45(60-13-3)33(6)72-10)47-41-26-52(7,8)30-73-31-53(29-67)18-14-19-66(62-53)51(71)42(61-49(69)46(32(4)5)63(9)50(70)36-17-20-64(27-36)44(68)12-2)23-34-21-37(24-38(22-34)48(55)56)35-15-16-43(40(41)25-35)65(47)28-54(57,58)59/h11-13,15-16,21-22,24-25,29,32-33,36,42,46,48,62H,1-2,14,17-20,23,26-28,30-31H2,3-10H3,(H,61,69)/b45-39+,60-13-/t33-,36-,42-,46-,53-/m0/s1. The molecule has 2 aromatic carbocycles. The van der Waals surface area contributed by atoms with Crippen molar-refractivity contribution in [1.29, 1.82) is 0 Å². The van der Waals surface area contributed by atoms with Gasteiger partial charge in [-0.2, -0.15) is 13.2 Å². The van der Waals surface area contributed by atoms with E-state index >= 15 is 8.78 Å². The van der Waals surface area contributed by atoms with Crippen LogP contribution in [0.15, 0.2) is 72.4 Å². The highest BCUT2D eigenvalue weighted by atomic mass is 19.4. The van der Waals surface area contributed by atoms with E-state index in [4.69, 9.17) is 9.47 Å². The van der Waals surface area contributed by atoms with Crippen LogP contribution < -0.4 is 10.7 Å². The van der Waals surface area contributed by atoms with Gasteiger partial charge in [-0.05, 0) is 97.4 Å². The molecule has 0 unspecified atom stereocenters. The van der Waals surface area contributed by atoms with Gasteiger partial charge in [-0.25, -0.2) is 14.2 Å². The molecule has 5 atom stereocenters. The van der Waals surface area contributed by atoms with Crippen molar-refractivity contribution in [3.8, 4) is 11.1 Å². The third-order valence-electron chi connectivity index (χ3n) is 14.0. The summed E-state index contributed by atoms with van der Waals surface area (Å²) in [4.78, 5) is 76.3. The van der Waals surface area contributed by atoms with E-state index in [-0.39, 0.29) is 85.3 Å². The number of hydrazine groups is 1. The van der Waals surface area contributed by atoms with Crippen LogP contribution in [0.4, 0.5) is 22.0 Å². The van der Waals surface area contributed by atoms with Crippen LogP contribution in [0.5, 0.6) is 0 Å². The lowest BCUT2D eigenvalue weighted by atomic mass is 9.83. The lowest BCUT2D eigenvalue weighted by Gasteiger charge is -2.42. The Kier molecular flexibility index (Phi) is 17.7. The number of aldehydes is 1. The van der Waals surface area contributed by atoms with Crippen LogP contribution in [-0.4, -0.2) is 132 Å². The molecule has 4 heterocycles. The minimum absolute atomic E-state index is 0.00434. The molecule has 19 heteroatoms. The average molecular weight is 1020 g/mol. The van der Waals surface area contributed by atoms with Gasteiger partial charge >= 0.3 is 6.18 Å². The summed E-state index contributed by atoms with van der Waals surface area (Å²) in [7, 11) is 2.94. The number of carbonyl (C=O) groups is 5. The number of fused-ring (bicyclic) bond motifs is 6. The zero-order valence-electron chi connectivity index (χ0n) is 42.9. The lowest BCUT2D eigenvalue weighted by Crippen LogP contribution is -2.66. The molecule has 3 aliphatic rings. The quantitative estimate of drug-likeness (QED) is 0.0541. The van der Waals surface area contributed by atoms with E-state index in [9.17, 15) is 37.1 Å². The summed E-state index contributed by atoms with van der Waals surface area (Å²) in [6.07, 6.45) is -2.86. The van der Waals surface area contributed by atoms with Crippen molar-refractivity contribution >= 4 is 52.6 Å². The molecular formula is C54H68F5N7O7. The Morgan fingerprint density at radius 2 is 1.78 bits per heavy atom. The van der Waals surface area contributed by atoms with Gasteiger partial charge in [0.05, 0.1) is 36.6 Å². The van der Waals surface area contributed by atoms with Crippen LogP contribution in [0.25, 0.3) is 27.6 Å². The molecule has 0 aliphatic carbocycles. The van der Waals surface area contributed by atoms with Crippen LogP contribution in [-0.2, 0) is 52.8 Å². The number of aromatic nitrogens is 1. The van der Waals surface area contributed by atoms with Crippen molar-refractivity contribution in [3.63, 3.8) is 0 Å². The average Bonchev–Trinajstić information content (AvgIpc) is 3.94. The molecule has 396 valence electrons. The number of likely N-dealkylation sites (tertiary alicyclic amines) is 1. The first-order chi connectivity index (χ1) is 34.4. The second-order valence-electron chi connectivity index (χ2n) is 20.5. The summed E-state index contributed by atoms with van der Waals surface area (Å²) in [5.74, 6) is -3.17. The normalized spacial score (nSPS) is 22.0. The maximum Gasteiger partial charge on any atom is 0.406 e. The molecule has 1 aromatic heterocycles. The maximum absolute atomic E-state index is 15.1. The third-order valence-corrected chi connectivity index (χ3v) is 14.0. The smallest absolute Gasteiger partial charge is 0.378 e. The molecule has 3 aromatic rings. The number of nitrogens with zero attached hydrogens (tertiary/aromatic N) is 5. The third kappa shape index (κ3) is 12.7. The SMILES string of the molecule is C=CC(=O)N1CC[C@H](C(=O)N(C)[C@H](C(=O)N[C@H]2Cc3cc(cc(C(F)F)c3)-c3ccc4c(c3)c(c(/C(C=C)=C(/N=C\C)[C@H](C)OC)n4CC(F)(F)F)CC(C)(C)COC[C@@]3(C=O)CCCN(N3)C2=O)C(C)C)C1. The minimum Gasteiger partial charge on any atom is -0.378 e. The summed E-state index contributed by atoms with van der Waals surface area (Å²) in [5, 5.41) is 4.48. The number of ether oxygens (including phenoxy) is 2. The molecule has 2 saturated heterocycles. The highest BCUT2D eigenvalue weighted by molar-refractivity contribution is 5.96. The van der Waals surface area contributed by atoms with E-state index < -0.39 is 77.5 Å². The predicted octanol–water partition coefficient (Wildman–Crippen LogP) is 8.04. The van der Waals surface area contributed by atoms with Crippen LogP contribution in [0.3, 0.4) is 0 Å². The van der Waals surface area contributed by atoms with E-state index in [0.717, 1.165) is 0 Å². The number of hydrogen-bond acceptors (Lipinski definition) is 9. The van der Waals surface area contributed by atoms with Crippen LogP contribution >= 0.6 is 0 Å². The van der Waals surface area contributed by atoms with Crippen molar-refractivity contribution in [3.05, 3.63) is 89.8 Å². The maximum atomic E-state index is 15.1. The van der Waals surface area contributed by atoms with E-state index in [0.29, 0.717) is 47.9 Å². The fourth-order valence-electron chi connectivity index (χ4n) is 10.4. The van der Waals surface area contributed by atoms with Gasteiger partial charge in [-0.15, -0.1) is 0 Å². The fraction of sp³-hybridized carbons (Fsp3) is 0.519. The van der Waals surface area contributed by atoms with E-state index in [1.165, 1.54) is 70.1 Å². The monoisotopic (exact) mass is 1020 g/mol. The number of allylic oxidation sites excluding steroid dienone is 2. The number of halogens is 5. The number of amides is 4. The molecule has 2 fully saturated rings. The Balaban J connectivity index is 1.55. The molecule has 4 amide bonds. The molecule has 0 saturated carbocycles. The molecule has 0 spiro atoms. The highest BCUT2D eigenvalue weighted by Gasteiger charge is 2.43. The Morgan fingerprint density at radius 3 is 2.40 bits per heavy atom. The molecule has 14 nitrogen and oxygen atoms in total. The Morgan fingerprint density at radius 1 is 1.05 bits per heavy atom. The van der Waals surface area contributed by atoms with Gasteiger partial charge in [0.1, 0.15) is 30.5 Å². The van der Waals surface area contributed by atoms with Gasteiger partial charge < -0.3 is 34.0 Å². The van der Waals surface area contributed by atoms with E-state index in [2.05, 4.69) is 28.9 Å². The number of likely N-dealkylation sites (N-methyl/N-ethyl adjacent to an activating group) is 1. The van der Waals surface area contributed by atoms with Crippen LogP contribution in [0.2, 0.25) is 0 Å². The van der Waals surface area contributed by atoms with Gasteiger partial charge in [0.15, 0.2) is 0 Å². The number of benzene rings is 2. The molecular weight excluding hydrogens is 954 g/mol. The first kappa shape index (κ1) is 56.2. The summed E-state index contributed by atoms with van der Waals surface area (Å²) in [5.41, 5.74) is 2.69. The zero-order valence-corrected chi connectivity index (χ0v) is 42.9. The number of hydrogen-bond donors (Lipinski definition) is 2. The number of carbonyl (C=O) groups excluding carboxylic acids is 5. The first-order valence-corrected chi connectivity index (χ1v) is 24.5. The molecule has 73 heavy (non-hydrogen) atoms. The van der Waals surface area contributed by atoms with Gasteiger partial charge in [0.25, 0.3) is 12.3 Å². The topological polar surface area (TPSA) is 155 Å². The lowest BCUT2D eigenvalue weighted by molar-refractivity contribution is -0.149. The van der Waals surface area contributed by atoms with E-state index in [1.54, 1.807) is 45.9 Å². The molecule has 2 N–H and O–H groups in total. The van der Waals surface area contributed by atoms with Crippen LogP contribution in [0.1, 0.15) is 89.6 Å². The molecule has 6 rings (SSSR count). The van der Waals surface area contributed by atoms with Gasteiger partial charge in [-0.3, -0.25) is 29.2 Å². The van der Waals surface area contributed by atoms with Gasteiger partial charge in [-0.1, -0.05) is 65.1 Å². The van der Waals surface area contributed by atoms with Gasteiger partial charge in [0.2, 0.25) is 17.7 Å². The minimum atomic E-state index is -4.70. The van der Waals surface area contributed by atoms with E-state index in [1.807, 2.05) is 13.8 Å². The number of rotatable bonds is 14. The fourth-order valence-corrected chi connectivity index (χ4v) is 10.4. The van der Waals surface area contributed by atoms with Crippen molar-refractivity contribution in [2.24, 2.45) is 22.2 Å². The Bertz CT molecular complexity index is 2660. The number of alkyl halides is 5. The number of methoxy groups -OCH3 is 1. The van der Waals surface area contributed by atoms with Gasteiger partial charge in [0, 0.05) is 68.5 Å². The molecule has 3 aliphatic heterocycles.